The lowest BCUT2D eigenvalue weighted by atomic mass is 10.2. The molecule has 1 unspecified atom stereocenters. The third kappa shape index (κ3) is 3.36. The molecule has 23 heavy (non-hydrogen) atoms. The average molecular weight is 323 g/mol. The molecular formula is C15H9N5O2S. The van der Waals surface area contributed by atoms with Gasteiger partial charge >= 0.3 is 0 Å². The van der Waals surface area contributed by atoms with E-state index < -0.39 is 11.8 Å². The predicted octanol–water partition coefficient (Wildman–Crippen LogP) is 3.66. The van der Waals surface area contributed by atoms with Gasteiger partial charge in [-0.05, 0) is 12.1 Å². The van der Waals surface area contributed by atoms with Crippen LogP contribution < -0.4 is 0 Å². The van der Waals surface area contributed by atoms with Gasteiger partial charge in [0.25, 0.3) is 0 Å². The number of hydrogen-bond donors (Lipinski definition) is 0. The molecule has 0 aliphatic rings. The summed E-state index contributed by atoms with van der Waals surface area (Å²) in [6, 6.07) is 13.0. The molecule has 7 nitrogen and oxygen atoms in total. The number of furan rings is 1. The quantitative estimate of drug-likeness (QED) is 0.526. The maximum absolute atomic E-state index is 12.0. The number of carbonyl (C=O) groups is 1. The smallest absolute Gasteiger partial charge is 0.249 e. The molecular weight excluding hydrogens is 314 g/mol. The largest absolute Gasteiger partial charge is 0.461 e. The molecule has 0 saturated heterocycles. The minimum absolute atomic E-state index is 0.0674. The summed E-state index contributed by atoms with van der Waals surface area (Å²) < 4.78 is 9.14. The van der Waals surface area contributed by atoms with Crippen LogP contribution in [0.15, 0.2) is 63.4 Å². The number of rotatable bonds is 5. The Kier molecular flexibility index (Phi) is 4.31. The van der Waals surface area contributed by atoms with Crippen molar-refractivity contribution >= 4 is 22.4 Å². The Bertz CT molecular complexity index is 865. The normalized spacial score (nSPS) is 12.1. The number of nitrogens with zero attached hydrogens (tertiary/aromatic N) is 5. The van der Waals surface area contributed by atoms with Crippen molar-refractivity contribution < 1.29 is 9.21 Å². The molecule has 0 N–H and O–H groups in total. The first-order valence-corrected chi connectivity index (χ1v) is 7.32. The molecule has 8 heteroatoms. The summed E-state index contributed by atoms with van der Waals surface area (Å²) in [5, 5.41) is 16.9. The lowest BCUT2D eigenvalue weighted by molar-refractivity contribution is 0.0952. The van der Waals surface area contributed by atoms with E-state index in [-0.39, 0.29) is 10.9 Å². The maximum atomic E-state index is 12.0. The number of azo groups is 1. The van der Waals surface area contributed by atoms with Crippen LogP contribution in [0.3, 0.4) is 0 Å². The molecule has 2 heterocycles. The van der Waals surface area contributed by atoms with Crippen LogP contribution in [0, 0.1) is 11.3 Å². The first-order valence-electron chi connectivity index (χ1n) is 6.55. The van der Waals surface area contributed by atoms with Gasteiger partial charge in [0.2, 0.25) is 17.0 Å². The highest BCUT2D eigenvalue weighted by Crippen LogP contribution is 2.23. The Morgan fingerprint density at radius 2 is 2.09 bits per heavy atom. The Morgan fingerprint density at radius 3 is 2.78 bits per heavy atom. The van der Waals surface area contributed by atoms with Crippen LogP contribution in [-0.2, 0) is 0 Å². The lowest BCUT2D eigenvalue weighted by Crippen LogP contribution is -2.15. The van der Waals surface area contributed by atoms with Crippen molar-refractivity contribution in [2.24, 2.45) is 10.2 Å². The number of benzene rings is 1. The molecule has 0 radical (unpaired) electrons. The van der Waals surface area contributed by atoms with Crippen molar-refractivity contribution in [3.63, 3.8) is 0 Å². The van der Waals surface area contributed by atoms with Crippen molar-refractivity contribution in [2.45, 2.75) is 6.04 Å². The molecule has 0 spiro atoms. The molecule has 3 rings (SSSR count). The fraction of sp³-hybridized carbons (Fsp3) is 0.0667. The van der Waals surface area contributed by atoms with Crippen LogP contribution >= 0.6 is 11.5 Å². The molecule has 0 aliphatic carbocycles. The van der Waals surface area contributed by atoms with Gasteiger partial charge in [0.05, 0.1) is 6.26 Å². The minimum Gasteiger partial charge on any atom is -0.461 e. The van der Waals surface area contributed by atoms with Crippen molar-refractivity contribution in [3.8, 4) is 17.5 Å². The van der Waals surface area contributed by atoms with E-state index in [9.17, 15) is 4.79 Å². The van der Waals surface area contributed by atoms with E-state index in [0.717, 1.165) is 17.1 Å². The zero-order chi connectivity index (χ0) is 16.1. The van der Waals surface area contributed by atoms with Gasteiger partial charge in [0.1, 0.15) is 6.07 Å². The van der Waals surface area contributed by atoms with Gasteiger partial charge in [0.15, 0.2) is 11.6 Å². The molecule has 3 aromatic rings. The Hall–Kier alpha value is -3.18. The average Bonchev–Trinajstić information content (AvgIpc) is 3.28. The standard InChI is InChI=1S/C15H9N5O2S/c16-9-11(13(21)12-7-4-8-22-12)18-19-15-17-14(20-23-15)10-5-2-1-3-6-10/h1-8,11H. The van der Waals surface area contributed by atoms with E-state index >= 15 is 0 Å². The number of hydrogen-bond acceptors (Lipinski definition) is 8. The van der Waals surface area contributed by atoms with E-state index in [1.54, 1.807) is 12.1 Å². The number of aromatic nitrogens is 2. The molecule has 112 valence electrons. The van der Waals surface area contributed by atoms with E-state index in [2.05, 4.69) is 19.6 Å². The van der Waals surface area contributed by atoms with Crippen LogP contribution in [0.2, 0.25) is 0 Å². The third-order valence-electron chi connectivity index (χ3n) is 2.84. The highest BCUT2D eigenvalue weighted by atomic mass is 32.1. The number of carbonyl (C=O) groups excluding carboxylic acids is 1. The highest BCUT2D eigenvalue weighted by Gasteiger charge is 2.21. The molecule has 0 bridgehead atoms. The summed E-state index contributed by atoms with van der Waals surface area (Å²) in [5.74, 6) is 0.0437. The van der Waals surface area contributed by atoms with Gasteiger partial charge in [-0.1, -0.05) is 30.3 Å². The zero-order valence-electron chi connectivity index (χ0n) is 11.7. The second-order valence-electron chi connectivity index (χ2n) is 4.36. The zero-order valence-corrected chi connectivity index (χ0v) is 12.5. The predicted molar refractivity (Wildman–Crippen MR) is 82.3 cm³/mol. The SMILES string of the molecule is N#CC(N=Nc1nc(-c2ccccc2)ns1)C(=O)c1ccco1. The third-order valence-corrected chi connectivity index (χ3v) is 3.44. The molecule has 1 aromatic carbocycles. The van der Waals surface area contributed by atoms with E-state index in [1.807, 2.05) is 30.3 Å². The number of Topliss-reactive ketones (excluding diaryl/α,β-unsaturated/α-hetero) is 1. The number of nitriles is 1. The molecule has 2 aromatic heterocycles. The van der Waals surface area contributed by atoms with Crippen LogP contribution in [0.25, 0.3) is 11.4 Å². The van der Waals surface area contributed by atoms with Gasteiger partial charge < -0.3 is 4.42 Å². The summed E-state index contributed by atoms with van der Waals surface area (Å²) in [6.07, 6.45) is 1.36. The Labute approximate surface area is 135 Å². The summed E-state index contributed by atoms with van der Waals surface area (Å²) >= 11 is 1.04. The Morgan fingerprint density at radius 1 is 1.26 bits per heavy atom. The summed E-state index contributed by atoms with van der Waals surface area (Å²) in [6.45, 7) is 0. The minimum atomic E-state index is -1.27. The first kappa shape index (κ1) is 14.7. The van der Waals surface area contributed by atoms with Crippen LogP contribution in [0.5, 0.6) is 0 Å². The molecule has 0 aliphatic heterocycles. The maximum Gasteiger partial charge on any atom is 0.249 e. The van der Waals surface area contributed by atoms with Gasteiger partial charge in [0, 0.05) is 17.1 Å². The summed E-state index contributed by atoms with van der Waals surface area (Å²) in [5.41, 5.74) is 0.855. The molecule has 0 amide bonds. The van der Waals surface area contributed by atoms with E-state index in [4.69, 9.17) is 9.68 Å². The highest BCUT2D eigenvalue weighted by molar-refractivity contribution is 7.09. The molecule has 1 atom stereocenters. The van der Waals surface area contributed by atoms with Gasteiger partial charge in [-0.3, -0.25) is 4.79 Å². The second-order valence-corrected chi connectivity index (χ2v) is 5.09. The molecule has 0 fully saturated rings. The first-order chi connectivity index (χ1) is 11.3. The van der Waals surface area contributed by atoms with E-state index in [0.29, 0.717) is 5.82 Å². The Balaban J connectivity index is 1.76. The van der Waals surface area contributed by atoms with Gasteiger partial charge in [-0.15, -0.1) is 5.11 Å². The van der Waals surface area contributed by atoms with Crippen LogP contribution in [0.4, 0.5) is 5.13 Å². The van der Waals surface area contributed by atoms with Crippen LogP contribution in [0.1, 0.15) is 10.6 Å². The van der Waals surface area contributed by atoms with Crippen molar-refractivity contribution in [2.75, 3.05) is 0 Å². The van der Waals surface area contributed by atoms with E-state index in [1.165, 1.54) is 12.3 Å². The fourth-order valence-corrected chi connectivity index (χ4v) is 2.28. The summed E-state index contributed by atoms with van der Waals surface area (Å²) in [7, 11) is 0. The molecule has 0 saturated carbocycles. The topological polar surface area (TPSA) is 104 Å². The second kappa shape index (κ2) is 6.72. The van der Waals surface area contributed by atoms with Gasteiger partial charge in [-0.25, -0.2) is 0 Å². The lowest BCUT2D eigenvalue weighted by Gasteiger charge is -1.97. The monoisotopic (exact) mass is 323 g/mol. The van der Waals surface area contributed by atoms with Crippen LogP contribution in [-0.4, -0.2) is 21.2 Å². The van der Waals surface area contributed by atoms with Crippen molar-refractivity contribution in [1.29, 1.82) is 5.26 Å². The van der Waals surface area contributed by atoms with Gasteiger partial charge in [-0.2, -0.15) is 19.7 Å². The number of ketones is 1. The van der Waals surface area contributed by atoms with Crippen molar-refractivity contribution in [3.05, 3.63) is 54.5 Å². The van der Waals surface area contributed by atoms with Crippen molar-refractivity contribution in [1.82, 2.24) is 9.36 Å². The fourth-order valence-electron chi connectivity index (χ4n) is 1.76. The summed E-state index contributed by atoms with van der Waals surface area (Å²) in [4.78, 5) is 16.2.